The molecule has 1 aromatic heterocycles. The topological polar surface area (TPSA) is 41.3 Å². The number of imidazole rings is 1. The molecule has 5 heteroatoms. The molecule has 0 radical (unpaired) electrons. The van der Waals surface area contributed by atoms with Gasteiger partial charge in [-0.15, -0.1) is 0 Å². The molecule has 2 atom stereocenters. The first-order valence-corrected chi connectivity index (χ1v) is 8.24. The molecule has 23 heavy (non-hydrogen) atoms. The number of rotatable bonds is 5. The second-order valence-electron chi connectivity index (χ2n) is 6.49. The first kappa shape index (κ1) is 16.1. The van der Waals surface area contributed by atoms with Gasteiger partial charge in [-0.05, 0) is 43.0 Å². The van der Waals surface area contributed by atoms with E-state index in [2.05, 4.69) is 14.5 Å². The Bertz CT molecular complexity index is 625. The minimum Gasteiger partial charge on any atom is -0.387 e. The summed E-state index contributed by atoms with van der Waals surface area (Å²) in [6.45, 7) is 2.59. The number of halogens is 1. The highest BCUT2D eigenvalue weighted by molar-refractivity contribution is 5.18. The van der Waals surface area contributed by atoms with E-state index in [1.807, 2.05) is 19.4 Å². The zero-order chi connectivity index (χ0) is 16.2. The number of aliphatic hydroxyl groups excluding tert-OH is 1. The molecule has 2 aromatic rings. The summed E-state index contributed by atoms with van der Waals surface area (Å²) < 4.78 is 15.0. The highest BCUT2D eigenvalue weighted by Crippen LogP contribution is 2.23. The molecule has 1 saturated heterocycles. The lowest BCUT2D eigenvalue weighted by Crippen LogP contribution is -2.39. The van der Waals surface area contributed by atoms with E-state index >= 15 is 0 Å². The molecule has 2 heterocycles. The Morgan fingerprint density at radius 1 is 1.35 bits per heavy atom. The first-order chi connectivity index (χ1) is 11.1. The number of piperidine rings is 1. The summed E-state index contributed by atoms with van der Waals surface area (Å²) in [6.07, 6.45) is 6.58. The van der Waals surface area contributed by atoms with E-state index in [0.717, 1.165) is 37.3 Å². The molecule has 2 unspecified atom stereocenters. The van der Waals surface area contributed by atoms with Crippen molar-refractivity contribution in [1.82, 2.24) is 14.5 Å². The van der Waals surface area contributed by atoms with Gasteiger partial charge in [-0.1, -0.05) is 12.1 Å². The Kier molecular flexibility index (Phi) is 5.08. The molecule has 1 aromatic carbocycles. The summed E-state index contributed by atoms with van der Waals surface area (Å²) in [7, 11) is 2.03. The van der Waals surface area contributed by atoms with Gasteiger partial charge < -0.3 is 14.6 Å². The summed E-state index contributed by atoms with van der Waals surface area (Å²) in [5.41, 5.74) is 0.776. The lowest BCUT2D eigenvalue weighted by atomic mass is 9.94. The molecule has 0 aliphatic carbocycles. The van der Waals surface area contributed by atoms with Gasteiger partial charge >= 0.3 is 0 Å². The second kappa shape index (κ2) is 7.23. The van der Waals surface area contributed by atoms with Crippen LogP contribution in [0.2, 0.25) is 0 Å². The minimum atomic E-state index is -0.567. The maximum absolute atomic E-state index is 13.0. The molecule has 1 aliphatic rings. The molecule has 0 saturated carbocycles. The fourth-order valence-corrected chi connectivity index (χ4v) is 3.37. The minimum absolute atomic E-state index is 0.269. The van der Waals surface area contributed by atoms with Crippen molar-refractivity contribution >= 4 is 0 Å². The van der Waals surface area contributed by atoms with E-state index in [9.17, 15) is 9.50 Å². The molecule has 3 rings (SSSR count). The molecule has 4 nitrogen and oxygen atoms in total. The Morgan fingerprint density at radius 2 is 2.13 bits per heavy atom. The first-order valence-electron chi connectivity index (χ1n) is 8.24. The molecule has 0 bridgehead atoms. The number of aryl methyl sites for hydroxylation is 1. The summed E-state index contributed by atoms with van der Waals surface area (Å²) in [5.74, 6) is 1.43. The van der Waals surface area contributed by atoms with Crippen molar-refractivity contribution in [2.24, 2.45) is 13.0 Å². The number of aliphatic hydroxyl groups is 1. The average molecular weight is 317 g/mol. The Labute approximate surface area is 136 Å². The summed E-state index contributed by atoms with van der Waals surface area (Å²) >= 11 is 0. The lowest BCUT2D eigenvalue weighted by Gasteiger charge is -2.34. The fourth-order valence-electron chi connectivity index (χ4n) is 3.37. The largest absolute Gasteiger partial charge is 0.387 e. The van der Waals surface area contributed by atoms with Crippen LogP contribution >= 0.6 is 0 Å². The van der Waals surface area contributed by atoms with Gasteiger partial charge in [-0.25, -0.2) is 9.37 Å². The summed E-state index contributed by atoms with van der Waals surface area (Å²) in [4.78, 5) is 6.72. The van der Waals surface area contributed by atoms with Crippen LogP contribution in [0.15, 0.2) is 36.7 Å². The molecule has 1 aliphatic heterocycles. The summed E-state index contributed by atoms with van der Waals surface area (Å²) in [5, 5.41) is 10.4. The number of hydrogen-bond donors (Lipinski definition) is 1. The predicted octanol–water partition coefficient (Wildman–Crippen LogP) is 2.55. The predicted molar refractivity (Wildman–Crippen MR) is 87.4 cm³/mol. The molecule has 124 valence electrons. The van der Waals surface area contributed by atoms with Gasteiger partial charge in [0.15, 0.2) is 0 Å². The normalized spacial score (nSPS) is 20.6. The maximum Gasteiger partial charge on any atom is 0.123 e. The van der Waals surface area contributed by atoms with Gasteiger partial charge in [0.05, 0.1) is 6.10 Å². The van der Waals surface area contributed by atoms with Crippen LogP contribution < -0.4 is 0 Å². The second-order valence-corrected chi connectivity index (χ2v) is 6.49. The fraction of sp³-hybridized carbons (Fsp3) is 0.500. The van der Waals surface area contributed by atoms with Crippen molar-refractivity contribution < 1.29 is 9.50 Å². The Hall–Kier alpha value is -1.72. The molecule has 1 fully saturated rings. The number of likely N-dealkylation sites (tertiary alicyclic amines) is 1. The third-order valence-electron chi connectivity index (χ3n) is 4.68. The van der Waals surface area contributed by atoms with Gasteiger partial charge in [-0.2, -0.15) is 0 Å². The molecule has 0 spiro atoms. The molecule has 0 amide bonds. The highest BCUT2D eigenvalue weighted by atomic mass is 19.1. The van der Waals surface area contributed by atoms with Crippen molar-refractivity contribution in [1.29, 1.82) is 0 Å². The number of β-amino-alcohol motifs (C(OH)–C–C–N with tert-alkyl or cyclic N) is 1. The van der Waals surface area contributed by atoms with Crippen LogP contribution in [-0.2, 0) is 13.5 Å². The van der Waals surface area contributed by atoms with Crippen LogP contribution in [-0.4, -0.2) is 39.2 Å². The van der Waals surface area contributed by atoms with Crippen LogP contribution in [0.1, 0.15) is 30.3 Å². The van der Waals surface area contributed by atoms with E-state index in [4.69, 9.17) is 0 Å². The third-order valence-corrected chi connectivity index (χ3v) is 4.68. The monoisotopic (exact) mass is 317 g/mol. The third kappa shape index (κ3) is 4.18. The quantitative estimate of drug-likeness (QED) is 0.921. The highest BCUT2D eigenvalue weighted by Gasteiger charge is 2.23. The maximum atomic E-state index is 13.0. The van der Waals surface area contributed by atoms with Gasteiger partial charge in [0.1, 0.15) is 11.6 Å². The van der Waals surface area contributed by atoms with E-state index < -0.39 is 6.10 Å². The van der Waals surface area contributed by atoms with Gasteiger partial charge in [-0.3, -0.25) is 0 Å². The van der Waals surface area contributed by atoms with Crippen molar-refractivity contribution in [3.05, 3.63) is 53.9 Å². The van der Waals surface area contributed by atoms with Gasteiger partial charge in [0.25, 0.3) is 0 Å². The van der Waals surface area contributed by atoms with E-state index in [1.165, 1.54) is 18.6 Å². The van der Waals surface area contributed by atoms with E-state index in [0.29, 0.717) is 12.5 Å². The van der Waals surface area contributed by atoms with E-state index in [1.54, 1.807) is 12.1 Å². The molecular weight excluding hydrogens is 293 g/mol. The molecular formula is C18H24FN3O. The van der Waals surface area contributed by atoms with Crippen LogP contribution in [0.5, 0.6) is 0 Å². The van der Waals surface area contributed by atoms with E-state index in [-0.39, 0.29) is 5.82 Å². The van der Waals surface area contributed by atoms with Crippen LogP contribution in [0.25, 0.3) is 0 Å². The smallest absolute Gasteiger partial charge is 0.123 e. The lowest BCUT2D eigenvalue weighted by molar-refractivity contribution is 0.0838. The van der Waals surface area contributed by atoms with Crippen LogP contribution in [0.3, 0.4) is 0 Å². The molecule has 1 N–H and O–H groups in total. The van der Waals surface area contributed by atoms with Gasteiger partial charge in [0, 0.05) is 39.0 Å². The number of aromatic nitrogens is 2. The van der Waals surface area contributed by atoms with Crippen molar-refractivity contribution in [2.45, 2.75) is 25.4 Å². The van der Waals surface area contributed by atoms with Crippen molar-refractivity contribution in [3.8, 4) is 0 Å². The number of benzene rings is 1. The van der Waals surface area contributed by atoms with Crippen LogP contribution in [0.4, 0.5) is 4.39 Å². The Balaban J connectivity index is 1.56. The van der Waals surface area contributed by atoms with Crippen molar-refractivity contribution in [2.75, 3.05) is 19.6 Å². The van der Waals surface area contributed by atoms with Gasteiger partial charge in [0.2, 0.25) is 0 Å². The zero-order valence-electron chi connectivity index (χ0n) is 13.5. The number of nitrogens with zero attached hydrogens (tertiary/aromatic N) is 3. The van der Waals surface area contributed by atoms with Crippen molar-refractivity contribution in [3.63, 3.8) is 0 Å². The van der Waals surface area contributed by atoms with Crippen LogP contribution in [0, 0.1) is 11.7 Å². The average Bonchev–Trinajstić information content (AvgIpc) is 2.93. The SMILES string of the molecule is Cn1ccnc1CC1CCCN(CC(O)c2ccc(F)cc2)C1. The standard InChI is InChI=1S/C18H24FN3O/c1-21-10-8-20-18(21)11-14-3-2-9-22(12-14)13-17(23)15-4-6-16(19)7-5-15/h4-8,10,14,17,23H,2-3,9,11-13H2,1H3. The zero-order valence-corrected chi connectivity index (χ0v) is 13.5. The number of hydrogen-bond acceptors (Lipinski definition) is 3. The summed E-state index contributed by atoms with van der Waals surface area (Å²) in [6, 6.07) is 6.13. The Morgan fingerprint density at radius 3 is 2.83 bits per heavy atom.